The van der Waals surface area contributed by atoms with Crippen molar-refractivity contribution in [3.8, 4) is 0 Å². The summed E-state index contributed by atoms with van der Waals surface area (Å²) in [6, 6.07) is 4.11. The smallest absolute Gasteiger partial charge is 0.0931 e. The Hall–Kier alpha value is 0.260. The van der Waals surface area contributed by atoms with Crippen LogP contribution in [0.15, 0.2) is 12.1 Å². The van der Waals surface area contributed by atoms with E-state index < -0.39 is 0 Å². The summed E-state index contributed by atoms with van der Waals surface area (Å²) < 4.78 is 5.85. The van der Waals surface area contributed by atoms with E-state index in [1.807, 2.05) is 24.8 Å². The first-order valence-electron chi connectivity index (χ1n) is 4.76. The average Bonchev–Trinajstić information content (AvgIpc) is 2.59. The normalized spacial score (nSPS) is 15.2. The number of rotatable bonds is 6. The lowest BCUT2D eigenvalue weighted by atomic mass is 10.2. The molecule has 0 saturated carbocycles. The summed E-state index contributed by atoms with van der Waals surface area (Å²) in [6.45, 7) is 2.78. The first kappa shape index (κ1) is 13.3. The van der Waals surface area contributed by atoms with Crippen LogP contribution in [-0.2, 0) is 4.74 Å². The molecule has 0 bridgehead atoms. The molecule has 0 amide bonds. The maximum absolute atomic E-state index is 5.96. The number of nitrogens with two attached hydrogens (primary N) is 1. The van der Waals surface area contributed by atoms with Gasteiger partial charge in [0.05, 0.1) is 16.2 Å². The molecule has 2 N–H and O–H groups in total. The van der Waals surface area contributed by atoms with Crippen LogP contribution in [-0.4, -0.2) is 25.5 Å². The first-order valence-corrected chi connectivity index (χ1v) is 7.01. The molecule has 15 heavy (non-hydrogen) atoms. The Morgan fingerprint density at radius 3 is 2.80 bits per heavy atom. The van der Waals surface area contributed by atoms with E-state index in [0.717, 1.165) is 16.7 Å². The fraction of sp³-hybridized carbons (Fsp3) is 0.600. The van der Waals surface area contributed by atoms with Crippen LogP contribution in [0.2, 0.25) is 4.34 Å². The first-order chi connectivity index (χ1) is 7.15. The summed E-state index contributed by atoms with van der Waals surface area (Å²) in [5.41, 5.74) is 5.96. The highest BCUT2D eigenvalue weighted by Gasteiger charge is 2.18. The van der Waals surface area contributed by atoms with Gasteiger partial charge in [0.1, 0.15) is 0 Å². The Morgan fingerprint density at radius 2 is 2.33 bits per heavy atom. The van der Waals surface area contributed by atoms with Gasteiger partial charge >= 0.3 is 0 Å². The summed E-state index contributed by atoms with van der Waals surface area (Å²) in [7, 11) is 1.71. The van der Waals surface area contributed by atoms with E-state index in [-0.39, 0.29) is 6.04 Å². The van der Waals surface area contributed by atoms with Gasteiger partial charge in [0, 0.05) is 23.8 Å². The van der Waals surface area contributed by atoms with Crippen molar-refractivity contribution in [2.45, 2.75) is 18.2 Å². The van der Waals surface area contributed by atoms with Crippen molar-refractivity contribution in [3.05, 3.63) is 21.3 Å². The van der Waals surface area contributed by atoms with Crippen LogP contribution in [0, 0.1) is 0 Å². The molecule has 0 radical (unpaired) electrons. The maximum atomic E-state index is 5.96. The second-order valence-corrected chi connectivity index (χ2v) is 6.28. The van der Waals surface area contributed by atoms with Gasteiger partial charge < -0.3 is 10.5 Å². The SMILES string of the molecule is COCCSC(c1ccc(Cl)s1)C(C)N. The number of hydrogen-bond donors (Lipinski definition) is 1. The van der Waals surface area contributed by atoms with Crippen molar-refractivity contribution in [1.29, 1.82) is 0 Å². The van der Waals surface area contributed by atoms with Gasteiger partial charge in [-0.3, -0.25) is 0 Å². The van der Waals surface area contributed by atoms with Crippen molar-refractivity contribution in [1.82, 2.24) is 0 Å². The Bertz CT molecular complexity index is 291. The zero-order chi connectivity index (χ0) is 11.3. The van der Waals surface area contributed by atoms with Gasteiger partial charge in [-0.2, -0.15) is 0 Å². The lowest BCUT2D eigenvalue weighted by Gasteiger charge is -2.18. The van der Waals surface area contributed by atoms with Gasteiger partial charge in [-0.15, -0.1) is 23.1 Å². The molecule has 1 heterocycles. The maximum Gasteiger partial charge on any atom is 0.0931 e. The highest BCUT2D eigenvalue weighted by molar-refractivity contribution is 7.99. The van der Waals surface area contributed by atoms with Gasteiger partial charge in [-0.25, -0.2) is 0 Å². The molecule has 1 aromatic rings. The Kier molecular flexibility index (Phi) is 6.00. The molecular formula is C10H16ClNOS2. The van der Waals surface area contributed by atoms with E-state index in [9.17, 15) is 0 Å². The monoisotopic (exact) mass is 265 g/mol. The Balaban J connectivity index is 2.58. The van der Waals surface area contributed by atoms with Crippen molar-refractivity contribution in [2.24, 2.45) is 5.73 Å². The van der Waals surface area contributed by atoms with Crippen molar-refractivity contribution in [2.75, 3.05) is 19.5 Å². The standard InChI is InChI=1S/C10H16ClNOS2/c1-7(12)10(14-6-5-13-2)8-3-4-9(11)15-8/h3-4,7,10H,5-6,12H2,1-2H3. The van der Waals surface area contributed by atoms with Crippen LogP contribution in [0.4, 0.5) is 0 Å². The predicted molar refractivity (Wildman–Crippen MR) is 70.1 cm³/mol. The summed E-state index contributed by atoms with van der Waals surface area (Å²) in [5, 5.41) is 0.317. The second kappa shape index (κ2) is 6.76. The third-order valence-electron chi connectivity index (χ3n) is 1.94. The van der Waals surface area contributed by atoms with Gasteiger partial charge in [0.15, 0.2) is 0 Å². The Labute approximate surface area is 104 Å². The lowest BCUT2D eigenvalue weighted by molar-refractivity contribution is 0.218. The lowest BCUT2D eigenvalue weighted by Crippen LogP contribution is -2.22. The molecule has 0 aromatic carbocycles. The van der Waals surface area contributed by atoms with Crippen LogP contribution in [0.25, 0.3) is 0 Å². The molecule has 5 heteroatoms. The van der Waals surface area contributed by atoms with Crippen molar-refractivity contribution < 1.29 is 4.74 Å². The van der Waals surface area contributed by atoms with E-state index in [0.29, 0.717) is 5.25 Å². The van der Waals surface area contributed by atoms with Gasteiger partial charge in [0.25, 0.3) is 0 Å². The largest absolute Gasteiger partial charge is 0.384 e. The summed E-state index contributed by atoms with van der Waals surface area (Å²) in [5.74, 6) is 0.957. The summed E-state index contributed by atoms with van der Waals surface area (Å²) >= 11 is 9.34. The van der Waals surface area contributed by atoms with Crippen molar-refractivity contribution in [3.63, 3.8) is 0 Å². The third-order valence-corrected chi connectivity index (χ3v) is 4.84. The summed E-state index contributed by atoms with van der Waals surface area (Å²) in [6.07, 6.45) is 0. The molecule has 86 valence electrons. The van der Waals surface area contributed by atoms with E-state index >= 15 is 0 Å². The highest BCUT2D eigenvalue weighted by atomic mass is 35.5. The topological polar surface area (TPSA) is 35.2 Å². The molecule has 2 unspecified atom stereocenters. The molecule has 0 aliphatic heterocycles. The zero-order valence-electron chi connectivity index (χ0n) is 8.90. The predicted octanol–water partition coefficient (Wildman–Crippen LogP) is 3.17. The van der Waals surface area contributed by atoms with Crippen molar-refractivity contribution >= 4 is 34.7 Å². The fourth-order valence-electron chi connectivity index (χ4n) is 1.23. The second-order valence-electron chi connectivity index (χ2n) is 3.29. The molecule has 2 atom stereocenters. The van der Waals surface area contributed by atoms with Crippen LogP contribution in [0.5, 0.6) is 0 Å². The van der Waals surface area contributed by atoms with Crippen LogP contribution < -0.4 is 5.73 Å². The van der Waals surface area contributed by atoms with E-state index in [4.69, 9.17) is 22.1 Å². The zero-order valence-corrected chi connectivity index (χ0v) is 11.3. The van der Waals surface area contributed by atoms with Crippen LogP contribution >= 0.6 is 34.7 Å². The number of ether oxygens (including phenoxy) is 1. The molecule has 0 aliphatic carbocycles. The third kappa shape index (κ3) is 4.33. The molecule has 0 aliphatic rings. The molecule has 0 fully saturated rings. The fourth-order valence-corrected chi connectivity index (χ4v) is 3.80. The van der Waals surface area contributed by atoms with Gasteiger partial charge in [0.2, 0.25) is 0 Å². The highest BCUT2D eigenvalue weighted by Crippen LogP contribution is 2.37. The minimum atomic E-state index is 0.126. The molecule has 0 spiro atoms. The number of hydrogen-bond acceptors (Lipinski definition) is 4. The minimum Gasteiger partial charge on any atom is -0.384 e. The minimum absolute atomic E-state index is 0.126. The summed E-state index contributed by atoms with van der Waals surface area (Å²) in [4.78, 5) is 1.25. The Morgan fingerprint density at radius 1 is 1.60 bits per heavy atom. The van der Waals surface area contributed by atoms with E-state index in [1.165, 1.54) is 4.88 Å². The molecule has 0 saturated heterocycles. The van der Waals surface area contributed by atoms with Crippen LogP contribution in [0.1, 0.15) is 17.1 Å². The number of thioether (sulfide) groups is 1. The quantitative estimate of drug-likeness (QED) is 0.803. The molecular weight excluding hydrogens is 250 g/mol. The molecule has 1 rings (SSSR count). The number of methoxy groups -OCH3 is 1. The van der Waals surface area contributed by atoms with Gasteiger partial charge in [-0.1, -0.05) is 11.6 Å². The molecule has 1 aromatic heterocycles. The number of thiophene rings is 1. The van der Waals surface area contributed by atoms with E-state index in [1.54, 1.807) is 18.4 Å². The molecule has 2 nitrogen and oxygen atoms in total. The van der Waals surface area contributed by atoms with Crippen LogP contribution in [0.3, 0.4) is 0 Å². The number of halogens is 1. The van der Waals surface area contributed by atoms with E-state index in [2.05, 4.69) is 6.07 Å². The average molecular weight is 266 g/mol. The van der Waals surface area contributed by atoms with Gasteiger partial charge in [-0.05, 0) is 19.1 Å².